The third-order valence-corrected chi connectivity index (χ3v) is 3.15. The predicted octanol–water partition coefficient (Wildman–Crippen LogP) is 1.46. The van der Waals surface area contributed by atoms with Crippen LogP contribution in [-0.2, 0) is 0 Å². The Kier molecular flexibility index (Phi) is 3.27. The molecule has 1 fully saturated rings. The SMILES string of the molecule is CCC1CC(=N)CCC1C(C)[NH3+]. The molecular formula is C10H21N2+. The van der Waals surface area contributed by atoms with Crippen molar-refractivity contribution in [2.45, 2.75) is 45.6 Å². The van der Waals surface area contributed by atoms with Crippen LogP contribution in [0.5, 0.6) is 0 Å². The van der Waals surface area contributed by atoms with Crippen molar-refractivity contribution in [3.8, 4) is 0 Å². The Morgan fingerprint density at radius 3 is 2.83 bits per heavy atom. The van der Waals surface area contributed by atoms with Gasteiger partial charge in [0.2, 0.25) is 0 Å². The van der Waals surface area contributed by atoms with E-state index in [-0.39, 0.29) is 0 Å². The molecule has 12 heavy (non-hydrogen) atoms. The van der Waals surface area contributed by atoms with Crippen LogP contribution in [0.15, 0.2) is 0 Å². The highest BCUT2D eigenvalue weighted by molar-refractivity contribution is 5.82. The molecular weight excluding hydrogens is 148 g/mol. The molecule has 70 valence electrons. The van der Waals surface area contributed by atoms with Crippen molar-refractivity contribution >= 4 is 5.71 Å². The molecule has 1 rings (SSSR count). The fourth-order valence-electron chi connectivity index (χ4n) is 2.34. The van der Waals surface area contributed by atoms with Gasteiger partial charge in [-0.25, -0.2) is 0 Å². The zero-order valence-electron chi connectivity index (χ0n) is 8.27. The largest absolute Gasteiger partial charge is 0.355 e. The highest BCUT2D eigenvalue weighted by Gasteiger charge is 2.30. The average Bonchev–Trinajstić information content (AvgIpc) is 2.03. The van der Waals surface area contributed by atoms with Gasteiger partial charge in [-0.05, 0) is 32.1 Å². The summed E-state index contributed by atoms with van der Waals surface area (Å²) in [4.78, 5) is 0. The summed E-state index contributed by atoms with van der Waals surface area (Å²) < 4.78 is 0. The molecule has 0 saturated heterocycles. The van der Waals surface area contributed by atoms with Crippen LogP contribution in [0.25, 0.3) is 0 Å². The summed E-state index contributed by atoms with van der Waals surface area (Å²) >= 11 is 0. The van der Waals surface area contributed by atoms with Gasteiger partial charge in [0, 0.05) is 11.6 Å². The van der Waals surface area contributed by atoms with Gasteiger partial charge in [-0.2, -0.15) is 0 Å². The maximum atomic E-state index is 7.63. The van der Waals surface area contributed by atoms with E-state index in [1.807, 2.05) is 0 Å². The Morgan fingerprint density at radius 2 is 2.33 bits per heavy atom. The van der Waals surface area contributed by atoms with E-state index in [1.165, 1.54) is 12.8 Å². The van der Waals surface area contributed by atoms with Crippen molar-refractivity contribution in [1.29, 1.82) is 5.41 Å². The fraction of sp³-hybridized carbons (Fsp3) is 0.900. The van der Waals surface area contributed by atoms with Gasteiger partial charge in [0.05, 0.1) is 6.04 Å². The predicted molar refractivity (Wildman–Crippen MR) is 51.2 cm³/mol. The first-order valence-corrected chi connectivity index (χ1v) is 5.04. The van der Waals surface area contributed by atoms with Crippen LogP contribution in [0.4, 0.5) is 0 Å². The lowest BCUT2D eigenvalue weighted by molar-refractivity contribution is -0.431. The van der Waals surface area contributed by atoms with Gasteiger partial charge in [-0.15, -0.1) is 0 Å². The molecule has 0 radical (unpaired) electrons. The number of rotatable bonds is 2. The molecule has 1 saturated carbocycles. The van der Waals surface area contributed by atoms with Gasteiger partial charge in [0.1, 0.15) is 0 Å². The van der Waals surface area contributed by atoms with E-state index >= 15 is 0 Å². The molecule has 3 atom stereocenters. The number of hydrogen-bond donors (Lipinski definition) is 2. The molecule has 0 bridgehead atoms. The maximum absolute atomic E-state index is 7.63. The second kappa shape index (κ2) is 4.04. The second-order valence-corrected chi connectivity index (χ2v) is 4.16. The standard InChI is InChI=1S/C10H20N2/c1-3-8-6-9(12)4-5-10(8)7(2)11/h7-8,10,12H,3-6,11H2,1-2H3/p+1. The van der Waals surface area contributed by atoms with E-state index in [1.54, 1.807) is 0 Å². The van der Waals surface area contributed by atoms with Crippen LogP contribution in [-0.4, -0.2) is 11.8 Å². The lowest BCUT2D eigenvalue weighted by Crippen LogP contribution is -2.64. The van der Waals surface area contributed by atoms with Gasteiger partial charge >= 0.3 is 0 Å². The van der Waals surface area contributed by atoms with E-state index in [4.69, 9.17) is 5.41 Å². The van der Waals surface area contributed by atoms with E-state index in [0.717, 1.165) is 30.4 Å². The van der Waals surface area contributed by atoms with E-state index in [2.05, 4.69) is 19.6 Å². The average molecular weight is 169 g/mol. The highest BCUT2D eigenvalue weighted by Crippen LogP contribution is 2.31. The van der Waals surface area contributed by atoms with E-state index in [9.17, 15) is 0 Å². The monoisotopic (exact) mass is 169 g/mol. The highest BCUT2D eigenvalue weighted by atomic mass is 14.6. The van der Waals surface area contributed by atoms with Gasteiger partial charge in [-0.3, -0.25) is 0 Å². The Morgan fingerprint density at radius 1 is 1.67 bits per heavy atom. The Hall–Kier alpha value is -0.370. The molecule has 1 aliphatic rings. The topological polar surface area (TPSA) is 51.5 Å². The van der Waals surface area contributed by atoms with Gasteiger partial charge < -0.3 is 11.1 Å². The van der Waals surface area contributed by atoms with Crippen molar-refractivity contribution in [2.75, 3.05) is 0 Å². The minimum absolute atomic E-state index is 0.558. The van der Waals surface area contributed by atoms with E-state index in [0.29, 0.717) is 6.04 Å². The molecule has 0 heterocycles. The normalized spacial score (nSPS) is 33.4. The summed E-state index contributed by atoms with van der Waals surface area (Å²) in [7, 11) is 0. The number of nitrogens with one attached hydrogen (secondary N) is 1. The summed E-state index contributed by atoms with van der Waals surface area (Å²) in [6, 6.07) is 0.558. The van der Waals surface area contributed by atoms with Gasteiger partial charge in [0.15, 0.2) is 0 Å². The van der Waals surface area contributed by atoms with E-state index < -0.39 is 0 Å². The van der Waals surface area contributed by atoms with Crippen LogP contribution in [0.3, 0.4) is 0 Å². The van der Waals surface area contributed by atoms with Crippen molar-refractivity contribution < 1.29 is 5.73 Å². The third kappa shape index (κ3) is 2.07. The molecule has 3 unspecified atom stereocenters. The zero-order chi connectivity index (χ0) is 9.14. The van der Waals surface area contributed by atoms with Crippen molar-refractivity contribution in [3.05, 3.63) is 0 Å². The Labute approximate surface area is 75.0 Å². The summed E-state index contributed by atoms with van der Waals surface area (Å²) in [5, 5.41) is 7.63. The first-order valence-electron chi connectivity index (χ1n) is 5.04. The molecule has 0 aromatic heterocycles. The molecule has 2 heteroatoms. The summed E-state index contributed by atoms with van der Waals surface area (Å²) in [6.07, 6.45) is 4.46. The quantitative estimate of drug-likeness (QED) is 0.629. The van der Waals surface area contributed by atoms with Crippen LogP contribution in [0, 0.1) is 17.2 Å². The molecule has 2 nitrogen and oxygen atoms in total. The molecule has 4 N–H and O–H groups in total. The molecule has 0 spiro atoms. The van der Waals surface area contributed by atoms with Crippen molar-refractivity contribution in [2.24, 2.45) is 11.8 Å². The maximum Gasteiger partial charge on any atom is 0.0846 e. The Balaban J connectivity index is 2.56. The van der Waals surface area contributed by atoms with Crippen LogP contribution < -0.4 is 5.73 Å². The number of hydrogen-bond acceptors (Lipinski definition) is 1. The van der Waals surface area contributed by atoms with Gasteiger partial charge in [0.25, 0.3) is 0 Å². The minimum atomic E-state index is 0.558. The second-order valence-electron chi connectivity index (χ2n) is 4.16. The first-order chi connectivity index (χ1) is 5.65. The smallest absolute Gasteiger partial charge is 0.0846 e. The molecule has 0 aromatic carbocycles. The minimum Gasteiger partial charge on any atom is -0.355 e. The fourth-order valence-corrected chi connectivity index (χ4v) is 2.34. The van der Waals surface area contributed by atoms with Crippen molar-refractivity contribution in [3.63, 3.8) is 0 Å². The summed E-state index contributed by atoms with van der Waals surface area (Å²) in [5.74, 6) is 1.50. The molecule has 0 amide bonds. The molecule has 1 aliphatic carbocycles. The van der Waals surface area contributed by atoms with Crippen LogP contribution in [0.1, 0.15) is 39.5 Å². The summed E-state index contributed by atoms with van der Waals surface area (Å²) in [6.45, 7) is 4.45. The zero-order valence-corrected chi connectivity index (χ0v) is 8.27. The number of quaternary nitrogens is 1. The van der Waals surface area contributed by atoms with Crippen molar-refractivity contribution in [1.82, 2.24) is 0 Å². The Bertz CT molecular complexity index is 163. The third-order valence-electron chi connectivity index (χ3n) is 3.15. The summed E-state index contributed by atoms with van der Waals surface area (Å²) in [5.41, 5.74) is 5.07. The van der Waals surface area contributed by atoms with Gasteiger partial charge in [-0.1, -0.05) is 13.3 Å². The first kappa shape index (κ1) is 9.72. The molecule has 0 aliphatic heterocycles. The molecule has 0 aromatic rings. The van der Waals surface area contributed by atoms with Crippen LogP contribution >= 0.6 is 0 Å². The lowest BCUT2D eigenvalue weighted by atomic mass is 9.74. The lowest BCUT2D eigenvalue weighted by Gasteiger charge is -2.32. The van der Waals surface area contributed by atoms with Crippen LogP contribution in [0.2, 0.25) is 0 Å².